The summed E-state index contributed by atoms with van der Waals surface area (Å²) in [7, 11) is 0. The third kappa shape index (κ3) is 15.1. The van der Waals surface area contributed by atoms with Crippen molar-refractivity contribution >= 4 is 39.7 Å². The minimum absolute atomic E-state index is 0.247. The van der Waals surface area contributed by atoms with E-state index in [4.69, 9.17) is 10.8 Å². The van der Waals surface area contributed by atoms with E-state index in [0.29, 0.717) is 16.6 Å². The van der Waals surface area contributed by atoms with Gasteiger partial charge in [0.15, 0.2) is 15.8 Å². The zero-order valence-electron chi connectivity index (χ0n) is 30.9. The van der Waals surface area contributed by atoms with Gasteiger partial charge >= 0.3 is 0 Å². The number of benzene rings is 1. The second-order valence-corrected chi connectivity index (χ2v) is 16.8. The maximum Gasteiger partial charge on any atom is 0.252 e. The molecule has 1 aromatic carbocycles. The lowest BCUT2D eigenvalue weighted by Crippen LogP contribution is -2.13. The Morgan fingerprint density at radius 2 is 1.25 bits per heavy atom. The Morgan fingerprint density at radius 1 is 0.729 bits per heavy atom. The average Bonchev–Trinajstić information content (AvgIpc) is 3.68. The van der Waals surface area contributed by atoms with Crippen LogP contribution >= 0.6 is 23.1 Å². The monoisotopic (exact) mass is 695 g/mol. The number of hydrogen-bond donors (Lipinski definition) is 1. The fraction of sp³-hybridized carbons (Fsp3) is 0.718. The molecule has 2 aromatic heterocycles. The normalized spacial score (nSPS) is 12.8. The number of nitrogens with zero attached hydrogens (tertiary/aromatic N) is 6. The predicted octanol–water partition coefficient (Wildman–Crippen LogP) is 13.6. The molecular weight excluding hydrogens is 631 g/mol. The molecule has 0 saturated carbocycles. The van der Waals surface area contributed by atoms with Crippen molar-refractivity contribution in [2.75, 3.05) is 11.5 Å². The molecule has 2 N–H and O–H groups in total. The van der Waals surface area contributed by atoms with Crippen LogP contribution in [0.15, 0.2) is 44.9 Å². The molecule has 0 aliphatic carbocycles. The van der Waals surface area contributed by atoms with Gasteiger partial charge in [0.2, 0.25) is 0 Å². The van der Waals surface area contributed by atoms with Crippen molar-refractivity contribution in [1.82, 2.24) is 20.0 Å². The van der Waals surface area contributed by atoms with Crippen LogP contribution in [0.4, 0.5) is 16.6 Å². The summed E-state index contributed by atoms with van der Waals surface area (Å²) < 4.78 is 2.72. The Morgan fingerprint density at radius 3 is 1.77 bits per heavy atom. The number of nitrogens with two attached hydrogens (primary N) is 1. The highest BCUT2D eigenvalue weighted by molar-refractivity contribution is 8.01. The number of azo groups is 1. The first kappa shape index (κ1) is 40.2. The molecule has 0 spiro atoms. The number of thioether (sulfide) groups is 1. The molecule has 0 fully saturated rings. The molecule has 0 radical (unpaired) electrons. The highest BCUT2D eigenvalue weighted by atomic mass is 32.2. The fourth-order valence-electron chi connectivity index (χ4n) is 6.17. The molecule has 0 bridgehead atoms. The summed E-state index contributed by atoms with van der Waals surface area (Å²) in [6.45, 7) is 10.9. The van der Waals surface area contributed by atoms with E-state index in [1.54, 1.807) is 4.68 Å². The predicted molar refractivity (Wildman–Crippen MR) is 209 cm³/mol. The summed E-state index contributed by atoms with van der Waals surface area (Å²) in [4.78, 5) is 0. The van der Waals surface area contributed by atoms with Crippen LogP contribution in [0.25, 0.3) is 5.69 Å². The van der Waals surface area contributed by atoms with E-state index in [1.807, 2.05) is 42.1 Å². The van der Waals surface area contributed by atoms with E-state index in [-0.39, 0.29) is 5.41 Å². The summed E-state index contributed by atoms with van der Waals surface area (Å²) in [6.07, 6.45) is 27.6. The first-order valence-electron chi connectivity index (χ1n) is 19.2. The zero-order chi connectivity index (χ0) is 34.5. The van der Waals surface area contributed by atoms with Crippen LogP contribution < -0.4 is 5.73 Å². The summed E-state index contributed by atoms with van der Waals surface area (Å²) in [5.41, 5.74) is 8.63. The second kappa shape index (κ2) is 23.2. The first-order valence-corrected chi connectivity index (χ1v) is 21.0. The number of aromatic nitrogens is 4. The van der Waals surface area contributed by atoms with Gasteiger partial charge in [-0.05, 0) is 30.9 Å². The quantitative estimate of drug-likeness (QED) is 0.0512. The largest absolute Gasteiger partial charge is 0.382 e. The zero-order valence-corrected chi connectivity index (χ0v) is 32.5. The third-order valence-electron chi connectivity index (χ3n) is 9.11. The van der Waals surface area contributed by atoms with Crippen LogP contribution in [0.1, 0.15) is 169 Å². The van der Waals surface area contributed by atoms with Crippen molar-refractivity contribution in [3.8, 4) is 5.69 Å². The number of para-hydroxylation sites is 1. The molecule has 3 aromatic rings. The van der Waals surface area contributed by atoms with Crippen LogP contribution in [0, 0.1) is 5.92 Å². The number of hydrogen-bond acceptors (Lipinski definition) is 8. The van der Waals surface area contributed by atoms with E-state index in [9.17, 15) is 0 Å². The Labute approximate surface area is 300 Å². The van der Waals surface area contributed by atoms with Gasteiger partial charge in [-0.3, -0.25) is 0 Å². The summed E-state index contributed by atoms with van der Waals surface area (Å²) in [6, 6.07) is 9.92. The molecule has 48 heavy (non-hydrogen) atoms. The number of rotatable bonds is 26. The van der Waals surface area contributed by atoms with E-state index < -0.39 is 0 Å². The van der Waals surface area contributed by atoms with Crippen molar-refractivity contribution < 1.29 is 0 Å². The molecule has 3 rings (SSSR count). The molecule has 1 unspecified atom stereocenters. The maximum atomic E-state index is 6.58. The van der Waals surface area contributed by atoms with E-state index in [2.05, 4.69) is 55.0 Å². The topological polar surface area (TPSA) is 94.3 Å². The van der Waals surface area contributed by atoms with Crippen molar-refractivity contribution in [3.05, 3.63) is 36.0 Å². The molecule has 1 atom stereocenters. The minimum Gasteiger partial charge on any atom is -0.382 e. The lowest BCUT2D eigenvalue weighted by Gasteiger charge is -2.16. The highest BCUT2D eigenvalue weighted by Gasteiger charge is 2.27. The number of anilines is 1. The van der Waals surface area contributed by atoms with Crippen LogP contribution in [0.2, 0.25) is 0 Å². The van der Waals surface area contributed by atoms with Gasteiger partial charge in [-0.15, -0.1) is 20.4 Å². The first-order chi connectivity index (χ1) is 23.3. The summed E-state index contributed by atoms with van der Waals surface area (Å²) >= 11 is 3.36. The Bertz CT molecular complexity index is 1280. The molecular formula is C39H65N7S2. The van der Waals surface area contributed by atoms with E-state index >= 15 is 0 Å². The van der Waals surface area contributed by atoms with Gasteiger partial charge in [-0.1, -0.05) is 191 Å². The molecule has 0 aliphatic heterocycles. The fourth-order valence-corrected chi connectivity index (χ4v) is 8.05. The van der Waals surface area contributed by atoms with Crippen LogP contribution in [-0.2, 0) is 5.41 Å². The van der Waals surface area contributed by atoms with Crippen molar-refractivity contribution in [2.45, 2.75) is 173 Å². The molecule has 2 heterocycles. The van der Waals surface area contributed by atoms with E-state index in [0.717, 1.165) is 27.4 Å². The maximum absolute atomic E-state index is 6.58. The van der Waals surface area contributed by atoms with Crippen LogP contribution in [-0.4, -0.2) is 25.7 Å². The van der Waals surface area contributed by atoms with Crippen LogP contribution in [0.3, 0.4) is 0 Å². The van der Waals surface area contributed by atoms with Gasteiger partial charge in [0.25, 0.3) is 5.13 Å². The van der Waals surface area contributed by atoms with Gasteiger partial charge in [0.1, 0.15) is 0 Å². The second-order valence-electron chi connectivity index (χ2n) is 14.5. The molecule has 0 amide bonds. The van der Waals surface area contributed by atoms with E-state index in [1.165, 1.54) is 140 Å². The lowest BCUT2D eigenvalue weighted by atomic mass is 9.91. The van der Waals surface area contributed by atoms with Gasteiger partial charge in [-0.25, -0.2) is 4.68 Å². The van der Waals surface area contributed by atoms with Gasteiger partial charge < -0.3 is 5.73 Å². The SMILES string of the molecule is CCCCCCCCCCCCC(CCCCCCCCCC)CSc1nnc(N=Nc2c(C(C)(C)C)nn(-c3ccccc3)c2N)s1. The molecule has 0 saturated heterocycles. The smallest absolute Gasteiger partial charge is 0.252 e. The Hall–Kier alpha value is -2.26. The molecule has 268 valence electrons. The molecule has 7 nitrogen and oxygen atoms in total. The van der Waals surface area contributed by atoms with Gasteiger partial charge in [-0.2, -0.15) is 5.10 Å². The Balaban J connectivity index is 1.53. The lowest BCUT2D eigenvalue weighted by molar-refractivity contribution is 0.435. The van der Waals surface area contributed by atoms with Crippen molar-refractivity contribution in [2.24, 2.45) is 16.1 Å². The molecule has 9 heteroatoms. The average molecular weight is 696 g/mol. The van der Waals surface area contributed by atoms with Crippen LogP contribution in [0.5, 0.6) is 0 Å². The third-order valence-corrected chi connectivity index (χ3v) is 11.3. The van der Waals surface area contributed by atoms with Crippen molar-refractivity contribution in [3.63, 3.8) is 0 Å². The van der Waals surface area contributed by atoms with Gasteiger partial charge in [0.05, 0.1) is 11.4 Å². The summed E-state index contributed by atoms with van der Waals surface area (Å²) in [5, 5.41) is 23.3. The summed E-state index contributed by atoms with van der Waals surface area (Å²) in [5.74, 6) is 2.31. The highest BCUT2D eigenvalue weighted by Crippen LogP contribution is 2.39. The standard InChI is InChI=1S/C39H65N7S2/c1-6-8-10-12-14-16-17-19-21-24-28-32(27-23-20-18-15-13-11-9-7-2)31-47-38-44-43-37(48-38)42-41-34-35(39(3,4)5)45-46(36(34)40)33-29-25-22-26-30-33/h22,25-26,29-30,32H,6-21,23-24,27-28,31,40H2,1-5H3. The number of nitrogen functional groups attached to an aromatic ring is 1. The number of unbranched alkanes of at least 4 members (excludes halogenated alkanes) is 16. The minimum atomic E-state index is -0.247. The van der Waals surface area contributed by atoms with Gasteiger partial charge in [0, 0.05) is 11.2 Å². The van der Waals surface area contributed by atoms with Crippen molar-refractivity contribution in [1.29, 1.82) is 0 Å². The Kier molecular flexibility index (Phi) is 19.4. The molecule has 0 aliphatic rings.